The number of benzene rings is 3. The van der Waals surface area contributed by atoms with Crippen LogP contribution in [0.3, 0.4) is 0 Å². The van der Waals surface area contributed by atoms with Crippen molar-refractivity contribution in [2.75, 3.05) is 0 Å². The average molecular weight is 346 g/mol. The molecule has 25 heavy (non-hydrogen) atoms. The summed E-state index contributed by atoms with van der Waals surface area (Å²) in [6, 6.07) is 21.0. The van der Waals surface area contributed by atoms with Gasteiger partial charge in [0.1, 0.15) is 11.5 Å². The molecule has 3 aromatic carbocycles. The van der Waals surface area contributed by atoms with E-state index in [1.54, 1.807) is 35.6 Å². The number of phenols is 2. The van der Waals surface area contributed by atoms with E-state index in [1.165, 1.54) is 12.1 Å². The van der Waals surface area contributed by atoms with Gasteiger partial charge in [-0.3, -0.25) is 4.79 Å². The summed E-state index contributed by atoms with van der Waals surface area (Å²) in [5.74, 6) is 0.238. The quantitative estimate of drug-likeness (QED) is 0.501. The number of carbonyl (C=O) groups is 1. The second-order valence-corrected chi connectivity index (χ2v) is 6.78. The summed E-state index contributed by atoms with van der Waals surface area (Å²) >= 11 is 1.56. The lowest BCUT2D eigenvalue weighted by Gasteiger charge is -2.05. The first kappa shape index (κ1) is 15.4. The number of rotatable bonds is 3. The zero-order valence-electron chi connectivity index (χ0n) is 13.1. The molecule has 0 aliphatic heterocycles. The molecule has 0 aliphatic carbocycles. The van der Waals surface area contributed by atoms with Crippen molar-refractivity contribution in [1.29, 1.82) is 0 Å². The average Bonchev–Trinajstić information content (AvgIpc) is 3.02. The summed E-state index contributed by atoms with van der Waals surface area (Å²) in [5.41, 5.74) is 2.07. The Labute approximate surface area is 148 Å². The summed E-state index contributed by atoms with van der Waals surface area (Å²) in [4.78, 5) is 14.0. The molecule has 0 radical (unpaired) electrons. The van der Waals surface area contributed by atoms with E-state index in [9.17, 15) is 15.0 Å². The fraction of sp³-hybridized carbons (Fsp3) is 0. The molecule has 0 fully saturated rings. The second kappa shape index (κ2) is 6.07. The van der Waals surface area contributed by atoms with E-state index >= 15 is 0 Å². The molecule has 0 spiro atoms. The van der Waals surface area contributed by atoms with Crippen molar-refractivity contribution in [3.05, 3.63) is 83.9 Å². The lowest BCUT2D eigenvalue weighted by atomic mass is 9.97. The van der Waals surface area contributed by atoms with Gasteiger partial charge < -0.3 is 10.2 Å². The molecule has 0 atom stereocenters. The molecule has 4 heteroatoms. The Morgan fingerprint density at radius 3 is 2.04 bits per heavy atom. The number of hydrogen-bond acceptors (Lipinski definition) is 4. The summed E-state index contributed by atoms with van der Waals surface area (Å²) in [7, 11) is 0. The molecular weight excluding hydrogens is 332 g/mol. The van der Waals surface area contributed by atoms with Gasteiger partial charge in [0.05, 0.1) is 0 Å². The van der Waals surface area contributed by atoms with Crippen LogP contribution in [0.15, 0.2) is 72.8 Å². The van der Waals surface area contributed by atoms with Crippen molar-refractivity contribution < 1.29 is 15.0 Å². The molecule has 0 bridgehead atoms. The van der Waals surface area contributed by atoms with Crippen molar-refractivity contribution in [3.8, 4) is 21.9 Å². The van der Waals surface area contributed by atoms with Crippen molar-refractivity contribution in [1.82, 2.24) is 0 Å². The zero-order valence-corrected chi connectivity index (χ0v) is 14.0. The maximum absolute atomic E-state index is 13.2. The zero-order chi connectivity index (χ0) is 17.4. The highest BCUT2D eigenvalue weighted by atomic mass is 32.1. The SMILES string of the molecule is O=C(c1ccc(O)cc1)c1c(-c2ccc(O)cc2)sc2ccccc12. The fourth-order valence-corrected chi connectivity index (χ4v) is 4.05. The maximum atomic E-state index is 13.2. The van der Waals surface area contributed by atoms with Gasteiger partial charge in [-0.1, -0.05) is 18.2 Å². The van der Waals surface area contributed by atoms with E-state index in [0.717, 1.165) is 20.5 Å². The number of phenolic OH excluding ortho intramolecular Hbond substituents is 2. The third kappa shape index (κ3) is 2.77. The van der Waals surface area contributed by atoms with Crippen LogP contribution in [0, 0.1) is 0 Å². The Bertz CT molecular complexity index is 1060. The summed E-state index contributed by atoms with van der Waals surface area (Å²) < 4.78 is 1.03. The van der Waals surface area contributed by atoms with Crippen LogP contribution < -0.4 is 0 Å². The lowest BCUT2D eigenvalue weighted by Crippen LogP contribution is -2.01. The second-order valence-electron chi connectivity index (χ2n) is 5.73. The maximum Gasteiger partial charge on any atom is 0.195 e. The Balaban J connectivity index is 1.94. The standard InChI is InChI=1S/C21H14O3S/c22-15-9-5-13(6-10-15)20(24)19-17-3-1-2-4-18(17)25-21(19)14-7-11-16(23)12-8-14/h1-12,22-23H. The van der Waals surface area contributed by atoms with Crippen LogP contribution in [-0.4, -0.2) is 16.0 Å². The van der Waals surface area contributed by atoms with Crippen LogP contribution in [0.4, 0.5) is 0 Å². The smallest absolute Gasteiger partial charge is 0.195 e. The van der Waals surface area contributed by atoms with Crippen molar-refractivity contribution in [3.63, 3.8) is 0 Å². The van der Waals surface area contributed by atoms with Crippen molar-refractivity contribution in [2.24, 2.45) is 0 Å². The molecule has 1 heterocycles. The molecule has 4 rings (SSSR count). The number of carbonyl (C=O) groups excluding carboxylic acids is 1. The van der Waals surface area contributed by atoms with Gasteiger partial charge >= 0.3 is 0 Å². The molecule has 0 unspecified atom stereocenters. The van der Waals surface area contributed by atoms with Crippen LogP contribution in [0.1, 0.15) is 15.9 Å². The van der Waals surface area contributed by atoms with E-state index < -0.39 is 0 Å². The molecular formula is C21H14O3S. The van der Waals surface area contributed by atoms with Gasteiger partial charge in [0.2, 0.25) is 0 Å². The van der Waals surface area contributed by atoms with Crippen LogP contribution in [0.25, 0.3) is 20.5 Å². The van der Waals surface area contributed by atoms with Gasteiger partial charge in [-0.05, 0) is 60.2 Å². The summed E-state index contributed by atoms with van der Waals surface area (Å²) in [6.07, 6.45) is 0. The largest absolute Gasteiger partial charge is 0.508 e. The van der Waals surface area contributed by atoms with E-state index in [0.29, 0.717) is 11.1 Å². The molecule has 122 valence electrons. The molecule has 0 amide bonds. The monoisotopic (exact) mass is 346 g/mol. The highest BCUT2D eigenvalue weighted by molar-refractivity contribution is 7.22. The summed E-state index contributed by atoms with van der Waals surface area (Å²) in [5, 5.41) is 19.9. The molecule has 4 aromatic rings. The minimum atomic E-state index is -0.0828. The Hall–Kier alpha value is -3.11. The van der Waals surface area contributed by atoms with Crippen LogP contribution in [-0.2, 0) is 0 Å². The number of hydrogen-bond donors (Lipinski definition) is 2. The van der Waals surface area contributed by atoms with Gasteiger partial charge in [0.25, 0.3) is 0 Å². The van der Waals surface area contributed by atoms with E-state index in [-0.39, 0.29) is 17.3 Å². The normalized spacial score (nSPS) is 10.9. The first-order valence-electron chi connectivity index (χ1n) is 7.78. The Kier molecular flexibility index (Phi) is 3.75. The topological polar surface area (TPSA) is 57.5 Å². The third-order valence-corrected chi connectivity index (χ3v) is 5.30. The third-order valence-electron chi connectivity index (χ3n) is 4.08. The lowest BCUT2D eigenvalue weighted by molar-refractivity contribution is 0.104. The molecule has 1 aromatic heterocycles. The van der Waals surface area contributed by atoms with E-state index in [4.69, 9.17) is 0 Å². The van der Waals surface area contributed by atoms with Gasteiger partial charge in [0.15, 0.2) is 5.78 Å². The Morgan fingerprint density at radius 2 is 1.36 bits per heavy atom. The number of aromatic hydroxyl groups is 2. The van der Waals surface area contributed by atoms with Crippen molar-refractivity contribution >= 4 is 27.2 Å². The minimum absolute atomic E-state index is 0.0828. The van der Waals surface area contributed by atoms with Gasteiger partial charge in [0, 0.05) is 26.1 Å². The molecule has 0 aliphatic rings. The molecule has 2 N–H and O–H groups in total. The molecule has 3 nitrogen and oxygen atoms in total. The number of fused-ring (bicyclic) bond motifs is 1. The highest BCUT2D eigenvalue weighted by Crippen LogP contribution is 2.40. The molecule has 0 saturated carbocycles. The van der Waals surface area contributed by atoms with Crippen LogP contribution in [0.2, 0.25) is 0 Å². The predicted octanol–water partition coefficient (Wildman–Crippen LogP) is 5.21. The first-order valence-corrected chi connectivity index (χ1v) is 8.60. The predicted molar refractivity (Wildman–Crippen MR) is 100 cm³/mol. The highest BCUT2D eigenvalue weighted by Gasteiger charge is 2.21. The summed E-state index contributed by atoms with van der Waals surface area (Å²) in [6.45, 7) is 0. The van der Waals surface area contributed by atoms with E-state index in [2.05, 4.69) is 0 Å². The minimum Gasteiger partial charge on any atom is -0.508 e. The van der Waals surface area contributed by atoms with Gasteiger partial charge in [-0.15, -0.1) is 11.3 Å². The van der Waals surface area contributed by atoms with Gasteiger partial charge in [-0.25, -0.2) is 0 Å². The fourth-order valence-electron chi connectivity index (χ4n) is 2.84. The number of ketones is 1. The molecule has 0 saturated heterocycles. The number of thiophene rings is 1. The van der Waals surface area contributed by atoms with E-state index in [1.807, 2.05) is 36.4 Å². The first-order chi connectivity index (χ1) is 12.1. The van der Waals surface area contributed by atoms with Crippen LogP contribution >= 0.6 is 11.3 Å². The van der Waals surface area contributed by atoms with Crippen LogP contribution in [0.5, 0.6) is 11.5 Å². The van der Waals surface area contributed by atoms with Gasteiger partial charge in [-0.2, -0.15) is 0 Å². The van der Waals surface area contributed by atoms with Crippen molar-refractivity contribution in [2.45, 2.75) is 0 Å². The Morgan fingerprint density at radius 1 is 0.760 bits per heavy atom.